The van der Waals surface area contributed by atoms with Gasteiger partial charge in [-0.05, 0) is 43.1 Å². The molecule has 2 nitrogen and oxygen atoms in total. The summed E-state index contributed by atoms with van der Waals surface area (Å²) in [6.45, 7) is 0. The molecule has 1 saturated carbocycles. The molecule has 17 heavy (non-hydrogen) atoms. The average molecular weight is 227 g/mol. The van der Waals surface area contributed by atoms with Crippen LogP contribution < -0.4 is 4.74 Å². The molecule has 3 aliphatic carbocycles. The Bertz CT molecular complexity index is 478. The fraction of sp³-hybridized carbons (Fsp3) is 0.533. The van der Waals surface area contributed by atoms with Gasteiger partial charge in [-0.1, -0.05) is 12.1 Å². The average Bonchev–Trinajstić information content (AvgIpc) is 2.40. The molecule has 1 aromatic carbocycles. The van der Waals surface area contributed by atoms with Crippen LogP contribution in [0.25, 0.3) is 0 Å². The molecule has 2 heteroatoms. The van der Waals surface area contributed by atoms with Crippen LogP contribution in [-0.4, -0.2) is 7.11 Å². The Hall–Kier alpha value is -1.49. The summed E-state index contributed by atoms with van der Waals surface area (Å²) in [5.74, 6) is 2.40. The third-order valence-electron chi connectivity index (χ3n) is 4.36. The lowest BCUT2D eigenvalue weighted by molar-refractivity contribution is 0.334. The number of benzene rings is 1. The van der Waals surface area contributed by atoms with Gasteiger partial charge in [0.2, 0.25) is 0 Å². The molecular formula is C15H17NO. The van der Waals surface area contributed by atoms with Crippen molar-refractivity contribution in [2.75, 3.05) is 7.11 Å². The van der Waals surface area contributed by atoms with Crippen molar-refractivity contribution in [1.29, 1.82) is 5.26 Å². The third-order valence-corrected chi connectivity index (χ3v) is 4.36. The van der Waals surface area contributed by atoms with Crippen molar-refractivity contribution in [2.45, 2.75) is 43.9 Å². The standard InChI is InChI=1S/C15H17NO/c1-17-15-12(8-9-16)6-7-13-10-2-4-11(5-3-10)14(13)15/h6-7,10-11H,2-5,8H2,1H3. The number of methoxy groups -OCH3 is 1. The van der Waals surface area contributed by atoms with Crippen molar-refractivity contribution in [1.82, 2.24) is 0 Å². The van der Waals surface area contributed by atoms with Crippen LogP contribution in [0, 0.1) is 11.3 Å². The van der Waals surface area contributed by atoms with Crippen LogP contribution in [0.2, 0.25) is 0 Å². The minimum Gasteiger partial charge on any atom is -0.496 e. The molecule has 0 aliphatic heterocycles. The first-order chi connectivity index (χ1) is 8.35. The SMILES string of the molecule is COc1c(CC#N)ccc2c1C1CCC2CC1. The molecule has 0 amide bonds. The fourth-order valence-electron chi connectivity index (χ4n) is 3.60. The van der Waals surface area contributed by atoms with Gasteiger partial charge in [0.25, 0.3) is 0 Å². The van der Waals surface area contributed by atoms with Crippen LogP contribution in [0.5, 0.6) is 5.75 Å². The molecule has 0 radical (unpaired) electrons. The predicted molar refractivity (Wildman–Crippen MR) is 66.3 cm³/mol. The van der Waals surface area contributed by atoms with Crippen LogP contribution in [0.1, 0.15) is 54.2 Å². The number of ether oxygens (including phenoxy) is 1. The highest BCUT2D eigenvalue weighted by Gasteiger charge is 2.35. The molecule has 0 heterocycles. The number of hydrogen-bond donors (Lipinski definition) is 0. The van der Waals surface area contributed by atoms with Gasteiger partial charge in [-0.3, -0.25) is 0 Å². The quantitative estimate of drug-likeness (QED) is 0.774. The van der Waals surface area contributed by atoms with Crippen molar-refractivity contribution >= 4 is 0 Å². The van der Waals surface area contributed by atoms with Gasteiger partial charge in [0.1, 0.15) is 5.75 Å². The molecule has 3 aliphatic rings. The van der Waals surface area contributed by atoms with E-state index in [2.05, 4.69) is 18.2 Å². The number of fused-ring (bicyclic) bond motifs is 2. The molecule has 0 saturated heterocycles. The van der Waals surface area contributed by atoms with Gasteiger partial charge in [0.05, 0.1) is 19.6 Å². The van der Waals surface area contributed by atoms with Crippen LogP contribution in [-0.2, 0) is 6.42 Å². The van der Waals surface area contributed by atoms with Gasteiger partial charge in [0, 0.05) is 11.1 Å². The monoisotopic (exact) mass is 227 g/mol. The molecule has 1 aromatic rings. The Labute approximate surface area is 102 Å². The van der Waals surface area contributed by atoms with Gasteiger partial charge >= 0.3 is 0 Å². The predicted octanol–water partition coefficient (Wildman–Crippen LogP) is 3.52. The van der Waals surface area contributed by atoms with E-state index in [1.165, 1.54) is 36.8 Å². The van der Waals surface area contributed by atoms with E-state index in [0.29, 0.717) is 12.3 Å². The number of hydrogen-bond acceptors (Lipinski definition) is 2. The second-order valence-corrected chi connectivity index (χ2v) is 5.14. The smallest absolute Gasteiger partial charge is 0.126 e. The van der Waals surface area contributed by atoms with Gasteiger partial charge in [-0.2, -0.15) is 5.26 Å². The highest BCUT2D eigenvalue weighted by atomic mass is 16.5. The summed E-state index contributed by atoms with van der Waals surface area (Å²) < 4.78 is 5.60. The molecule has 88 valence electrons. The molecule has 2 bridgehead atoms. The summed E-state index contributed by atoms with van der Waals surface area (Å²) >= 11 is 0. The summed E-state index contributed by atoms with van der Waals surface area (Å²) in [6.07, 6.45) is 5.71. The van der Waals surface area contributed by atoms with E-state index in [1.807, 2.05) is 0 Å². The summed E-state index contributed by atoms with van der Waals surface area (Å²) in [5, 5.41) is 8.87. The van der Waals surface area contributed by atoms with Crippen molar-refractivity contribution < 1.29 is 4.74 Å². The summed E-state index contributed by atoms with van der Waals surface area (Å²) in [7, 11) is 1.73. The second kappa shape index (κ2) is 4.07. The molecule has 0 aromatic heterocycles. The van der Waals surface area contributed by atoms with E-state index < -0.39 is 0 Å². The Balaban J connectivity index is 2.16. The van der Waals surface area contributed by atoms with E-state index >= 15 is 0 Å². The Kier molecular flexibility index (Phi) is 2.55. The van der Waals surface area contributed by atoms with E-state index in [1.54, 1.807) is 7.11 Å². The van der Waals surface area contributed by atoms with Gasteiger partial charge in [-0.25, -0.2) is 0 Å². The number of nitriles is 1. The molecule has 0 atom stereocenters. The topological polar surface area (TPSA) is 33.0 Å². The molecule has 1 fully saturated rings. The number of rotatable bonds is 2. The van der Waals surface area contributed by atoms with Crippen molar-refractivity contribution in [3.63, 3.8) is 0 Å². The highest BCUT2D eigenvalue weighted by Crippen LogP contribution is 2.53. The van der Waals surface area contributed by atoms with E-state index in [-0.39, 0.29) is 0 Å². The Morgan fingerprint density at radius 3 is 2.59 bits per heavy atom. The molecule has 4 rings (SSSR count). The lowest BCUT2D eigenvalue weighted by Crippen LogP contribution is -2.22. The van der Waals surface area contributed by atoms with Gasteiger partial charge in [-0.15, -0.1) is 0 Å². The van der Waals surface area contributed by atoms with E-state index in [0.717, 1.165) is 17.2 Å². The largest absolute Gasteiger partial charge is 0.496 e. The van der Waals surface area contributed by atoms with Crippen LogP contribution in [0.4, 0.5) is 0 Å². The minimum absolute atomic E-state index is 0.452. The molecular weight excluding hydrogens is 210 g/mol. The van der Waals surface area contributed by atoms with Crippen LogP contribution in [0.3, 0.4) is 0 Å². The van der Waals surface area contributed by atoms with E-state index in [9.17, 15) is 0 Å². The third kappa shape index (κ3) is 1.53. The molecule has 0 N–H and O–H groups in total. The summed E-state index contributed by atoms with van der Waals surface area (Å²) in [6, 6.07) is 6.55. The van der Waals surface area contributed by atoms with Crippen LogP contribution in [0.15, 0.2) is 12.1 Å². The maximum Gasteiger partial charge on any atom is 0.126 e. The lowest BCUT2D eigenvalue weighted by Gasteiger charge is -2.39. The zero-order valence-electron chi connectivity index (χ0n) is 10.2. The molecule has 0 unspecified atom stereocenters. The van der Waals surface area contributed by atoms with Crippen molar-refractivity contribution in [3.05, 3.63) is 28.8 Å². The Morgan fingerprint density at radius 2 is 1.94 bits per heavy atom. The highest BCUT2D eigenvalue weighted by molar-refractivity contribution is 5.53. The first kappa shape index (κ1) is 10.7. The Morgan fingerprint density at radius 1 is 1.24 bits per heavy atom. The van der Waals surface area contributed by atoms with Crippen molar-refractivity contribution in [3.8, 4) is 11.8 Å². The summed E-state index contributed by atoms with van der Waals surface area (Å²) in [5.41, 5.74) is 3.97. The van der Waals surface area contributed by atoms with E-state index in [4.69, 9.17) is 10.00 Å². The summed E-state index contributed by atoms with van der Waals surface area (Å²) in [4.78, 5) is 0. The number of nitrogens with zero attached hydrogens (tertiary/aromatic N) is 1. The zero-order chi connectivity index (χ0) is 11.8. The minimum atomic E-state index is 0.452. The fourth-order valence-corrected chi connectivity index (χ4v) is 3.60. The second-order valence-electron chi connectivity index (χ2n) is 5.14. The first-order valence-corrected chi connectivity index (χ1v) is 6.41. The maximum absolute atomic E-state index is 8.87. The van der Waals surface area contributed by atoms with Crippen molar-refractivity contribution in [2.24, 2.45) is 0 Å². The normalized spacial score (nSPS) is 25.2. The van der Waals surface area contributed by atoms with Gasteiger partial charge in [0.15, 0.2) is 0 Å². The zero-order valence-corrected chi connectivity index (χ0v) is 10.2. The van der Waals surface area contributed by atoms with Gasteiger partial charge < -0.3 is 4.74 Å². The molecule has 0 spiro atoms. The first-order valence-electron chi connectivity index (χ1n) is 6.41. The maximum atomic E-state index is 8.87. The van der Waals surface area contributed by atoms with Crippen LogP contribution >= 0.6 is 0 Å². The lowest BCUT2D eigenvalue weighted by atomic mass is 9.66.